The fourth-order valence-corrected chi connectivity index (χ4v) is 2.76. The van der Waals surface area contributed by atoms with Gasteiger partial charge in [-0.1, -0.05) is 17.3 Å². The number of pyridine rings is 1. The van der Waals surface area contributed by atoms with Crippen molar-refractivity contribution in [2.45, 2.75) is 0 Å². The van der Waals surface area contributed by atoms with Gasteiger partial charge in [-0.3, -0.25) is 0 Å². The number of hydrogen-bond donors (Lipinski definition) is 2. The van der Waals surface area contributed by atoms with Crippen LogP contribution in [0.3, 0.4) is 0 Å². The molecule has 0 bridgehead atoms. The first-order valence-corrected chi connectivity index (χ1v) is 7.92. The largest absolute Gasteiger partial charge is 0.440 e. The Balaban J connectivity index is 2.04. The highest BCUT2D eigenvalue weighted by molar-refractivity contribution is 9.10. The molecule has 124 valence electrons. The summed E-state index contributed by atoms with van der Waals surface area (Å²) in [4.78, 5) is 3.99. The lowest BCUT2D eigenvalue weighted by atomic mass is 10.2. The van der Waals surface area contributed by atoms with Crippen molar-refractivity contribution in [2.75, 3.05) is 0 Å². The number of nitrogens with zero attached hydrogens (tertiary/aromatic N) is 3. The van der Waals surface area contributed by atoms with E-state index in [1.54, 1.807) is 18.2 Å². The molecular formula is C14H9BrF2N4O2S. The molecule has 2 heterocycles. The molecule has 0 saturated carbocycles. The first-order chi connectivity index (χ1) is 11.5. The van der Waals surface area contributed by atoms with Gasteiger partial charge >= 0.3 is 0 Å². The van der Waals surface area contributed by atoms with E-state index in [4.69, 9.17) is 15.7 Å². The molecule has 0 atom stereocenters. The van der Waals surface area contributed by atoms with Gasteiger partial charge in [0.15, 0.2) is 24.0 Å². The third-order valence-electron chi connectivity index (χ3n) is 3.15. The smallest absolute Gasteiger partial charge is 0.214 e. The predicted molar refractivity (Wildman–Crippen MR) is 90.5 cm³/mol. The Kier molecular flexibility index (Phi) is 4.58. The van der Waals surface area contributed by atoms with Crippen LogP contribution in [0.2, 0.25) is 0 Å². The van der Waals surface area contributed by atoms with Gasteiger partial charge in [0, 0.05) is 17.7 Å². The van der Waals surface area contributed by atoms with E-state index in [0.29, 0.717) is 16.8 Å². The summed E-state index contributed by atoms with van der Waals surface area (Å²) in [6.45, 7) is 0. The minimum absolute atomic E-state index is 0.0245. The number of oxime groups is 1. The van der Waals surface area contributed by atoms with Crippen LogP contribution in [0, 0.1) is 5.82 Å². The van der Waals surface area contributed by atoms with Crippen LogP contribution < -0.4 is 10.5 Å². The van der Waals surface area contributed by atoms with Crippen LogP contribution >= 0.6 is 28.3 Å². The van der Waals surface area contributed by atoms with E-state index in [1.165, 1.54) is 12.1 Å². The minimum atomic E-state index is -0.614. The number of fused-ring (bicyclic) bond motifs is 1. The van der Waals surface area contributed by atoms with Crippen molar-refractivity contribution in [3.05, 3.63) is 52.4 Å². The van der Waals surface area contributed by atoms with Gasteiger partial charge in [-0.2, -0.15) is 0 Å². The van der Waals surface area contributed by atoms with Gasteiger partial charge in [0.1, 0.15) is 10.4 Å². The van der Waals surface area contributed by atoms with E-state index in [0.717, 1.165) is 10.0 Å². The number of aromatic nitrogens is 2. The van der Waals surface area contributed by atoms with Gasteiger partial charge in [0.2, 0.25) is 5.88 Å². The van der Waals surface area contributed by atoms with Crippen molar-refractivity contribution in [3.63, 3.8) is 0 Å². The molecule has 0 aliphatic heterocycles. The predicted octanol–water partition coefficient (Wildman–Crippen LogP) is 4.21. The maximum Gasteiger partial charge on any atom is 0.214 e. The van der Waals surface area contributed by atoms with Crippen LogP contribution in [0.5, 0.6) is 11.6 Å². The quantitative estimate of drug-likeness (QED) is 0.219. The van der Waals surface area contributed by atoms with Gasteiger partial charge in [-0.25, -0.2) is 13.3 Å². The number of halogens is 3. The van der Waals surface area contributed by atoms with Crippen LogP contribution in [0.4, 0.5) is 8.28 Å². The molecule has 0 radical (unpaired) electrons. The molecule has 0 unspecified atom stereocenters. The standard InChI is InChI=1S/C14H9BrF2N4O2S/c15-13-9(16)5-11-10(19-13)6-12(21(11)24-17)23-8-3-1-2-7(4-8)14(18)20-22/h1-6,22H,(H2,18,20). The van der Waals surface area contributed by atoms with Crippen LogP contribution in [-0.4, -0.2) is 20.0 Å². The van der Waals surface area contributed by atoms with Crippen molar-refractivity contribution >= 4 is 45.1 Å². The highest BCUT2D eigenvalue weighted by Crippen LogP contribution is 2.34. The summed E-state index contributed by atoms with van der Waals surface area (Å²) in [5.41, 5.74) is 6.54. The Morgan fingerprint density at radius 3 is 2.88 bits per heavy atom. The topological polar surface area (TPSA) is 85.7 Å². The second kappa shape index (κ2) is 6.65. The fraction of sp³-hybridized carbons (Fsp3) is 0. The van der Waals surface area contributed by atoms with E-state index in [9.17, 15) is 8.28 Å². The highest BCUT2D eigenvalue weighted by Gasteiger charge is 2.16. The molecule has 3 rings (SSSR count). The lowest BCUT2D eigenvalue weighted by Crippen LogP contribution is -2.12. The summed E-state index contributed by atoms with van der Waals surface area (Å²) in [6, 6.07) is 9.01. The van der Waals surface area contributed by atoms with Crippen LogP contribution in [0.1, 0.15) is 5.56 Å². The first-order valence-electron chi connectivity index (χ1n) is 6.46. The Hall–Kier alpha value is -2.33. The molecule has 1 aromatic carbocycles. The zero-order valence-corrected chi connectivity index (χ0v) is 14.2. The molecule has 6 nitrogen and oxygen atoms in total. The molecule has 0 aliphatic rings. The molecule has 3 N–H and O–H groups in total. The average molecular weight is 415 g/mol. The molecule has 10 heteroatoms. The number of amidine groups is 1. The highest BCUT2D eigenvalue weighted by atomic mass is 79.9. The van der Waals surface area contributed by atoms with E-state index < -0.39 is 5.82 Å². The van der Waals surface area contributed by atoms with Crippen LogP contribution in [0.15, 0.2) is 46.2 Å². The Labute approximate surface area is 147 Å². The van der Waals surface area contributed by atoms with Gasteiger partial charge in [-0.15, -0.1) is 3.89 Å². The maximum absolute atomic E-state index is 13.6. The molecule has 0 aliphatic carbocycles. The Bertz CT molecular complexity index is 948. The molecular weight excluding hydrogens is 406 g/mol. The van der Waals surface area contributed by atoms with E-state index in [2.05, 4.69) is 26.1 Å². The number of rotatable bonds is 4. The van der Waals surface area contributed by atoms with Gasteiger partial charge in [-0.05, 0) is 28.1 Å². The molecule has 0 fully saturated rings. The summed E-state index contributed by atoms with van der Waals surface area (Å²) in [7, 11) is 0. The second-order valence-corrected chi connectivity index (χ2v) is 5.88. The third kappa shape index (κ3) is 3.02. The van der Waals surface area contributed by atoms with E-state index in [1.807, 2.05) is 0 Å². The first kappa shape index (κ1) is 16.5. The van der Waals surface area contributed by atoms with Crippen molar-refractivity contribution < 1.29 is 18.2 Å². The zero-order valence-electron chi connectivity index (χ0n) is 11.8. The van der Waals surface area contributed by atoms with Crippen LogP contribution in [0.25, 0.3) is 11.0 Å². The zero-order chi connectivity index (χ0) is 17.3. The Morgan fingerprint density at radius 2 is 2.17 bits per heavy atom. The second-order valence-electron chi connectivity index (χ2n) is 4.63. The molecule has 0 spiro atoms. The molecule has 24 heavy (non-hydrogen) atoms. The van der Waals surface area contributed by atoms with Gasteiger partial charge < -0.3 is 15.7 Å². The van der Waals surface area contributed by atoms with E-state index >= 15 is 0 Å². The lowest BCUT2D eigenvalue weighted by molar-refractivity contribution is 0.318. The maximum atomic E-state index is 13.6. The van der Waals surface area contributed by atoms with Gasteiger partial charge in [0.05, 0.1) is 11.0 Å². The summed E-state index contributed by atoms with van der Waals surface area (Å²) in [6.07, 6.45) is 0. The number of hydrogen-bond acceptors (Lipinski definition) is 5. The summed E-state index contributed by atoms with van der Waals surface area (Å²) in [5.74, 6) is -0.263. The summed E-state index contributed by atoms with van der Waals surface area (Å²) in [5, 5.41) is 11.6. The van der Waals surface area contributed by atoms with Crippen molar-refractivity contribution in [1.82, 2.24) is 8.96 Å². The molecule has 0 saturated heterocycles. The lowest BCUT2D eigenvalue weighted by Gasteiger charge is -2.08. The van der Waals surface area contributed by atoms with Crippen molar-refractivity contribution in [2.24, 2.45) is 10.9 Å². The number of nitrogens with two attached hydrogens (primary N) is 1. The SMILES string of the molecule is N/C(=N\O)c1cccc(Oc2cc3nc(Br)c(F)cc3n2SF)c1. The summed E-state index contributed by atoms with van der Waals surface area (Å²) < 4.78 is 33.7. The van der Waals surface area contributed by atoms with E-state index in [-0.39, 0.29) is 34.2 Å². The number of benzene rings is 1. The van der Waals surface area contributed by atoms with Gasteiger partial charge in [0.25, 0.3) is 0 Å². The molecule has 0 amide bonds. The Morgan fingerprint density at radius 1 is 1.38 bits per heavy atom. The molecule has 2 aromatic heterocycles. The van der Waals surface area contributed by atoms with Crippen molar-refractivity contribution in [1.29, 1.82) is 0 Å². The fourth-order valence-electron chi connectivity index (χ4n) is 2.07. The average Bonchev–Trinajstić information content (AvgIpc) is 2.90. The van der Waals surface area contributed by atoms with Crippen LogP contribution in [-0.2, 0) is 0 Å². The minimum Gasteiger partial charge on any atom is -0.440 e. The normalized spacial score (nSPS) is 11.9. The molecule has 3 aromatic rings. The third-order valence-corrected chi connectivity index (χ3v) is 4.22. The summed E-state index contributed by atoms with van der Waals surface area (Å²) >= 11 is 2.85. The van der Waals surface area contributed by atoms with Crippen molar-refractivity contribution in [3.8, 4) is 11.6 Å². The monoisotopic (exact) mass is 414 g/mol. The number of ether oxygens (including phenoxy) is 1.